The molecule has 4 nitrogen and oxygen atoms in total. The number of allylic oxidation sites excluding steroid dienone is 4. The topological polar surface area (TPSA) is 63.6 Å². The van der Waals surface area contributed by atoms with Crippen molar-refractivity contribution in [3.63, 3.8) is 0 Å². The van der Waals surface area contributed by atoms with Crippen LogP contribution in [0.1, 0.15) is 0 Å². The van der Waals surface area contributed by atoms with Gasteiger partial charge in [-0.3, -0.25) is 4.79 Å². The summed E-state index contributed by atoms with van der Waals surface area (Å²) in [7, 11) is -3.82. The molecule has 0 amide bonds. The van der Waals surface area contributed by atoms with E-state index in [0.29, 0.717) is 0 Å². The average Bonchev–Trinajstić information content (AvgIpc) is 2.36. The summed E-state index contributed by atoms with van der Waals surface area (Å²) in [4.78, 5) is 11.6. The van der Waals surface area contributed by atoms with Crippen LogP contribution in [-0.4, -0.2) is 19.9 Å². The van der Waals surface area contributed by atoms with Gasteiger partial charge >= 0.3 is 0 Å². The molecular formula is C12H6Br3NO3S. The van der Waals surface area contributed by atoms with Crippen LogP contribution in [0.3, 0.4) is 0 Å². The highest BCUT2D eigenvalue weighted by molar-refractivity contribution is 9.13. The number of carbonyl (C=O) groups excluding carboxylic acids is 1. The predicted molar refractivity (Wildman–Crippen MR) is 87.8 cm³/mol. The van der Waals surface area contributed by atoms with Crippen molar-refractivity contribution in [2.45, 2.75) is 4.90 Å². The van der Waals surface area contributed by atoms with Gasteiger partial charge in [0.25, 0.3) is 10.0 Å². The van der Waals surface area contributed by atoms with Crippen molar-refractivity contribution in [2.24, 2.45) is 4.40 Å². The van der Waals surface area contributed by atoms with Crippen LogP contribution in [0.5, 0.6) is 0 Å². The lowest BCUT2D eigenvalue weighted by atomic mass is 10.2. The van der Waals surface area contributed by atoms with Gasteiger partial charge in [0, 0.05) is 4.47 Å². The molecule has 104 valence electrons. The van der Waals surface area contributed by atoms with Gasteiger partial charge in [0.2, 0.25) is 5.78 Å². The molecule has 1 aromatic carbocycles. The van der Waals surface area contributed by atoms with Gasteiger partial charge in [-0.25, -0.2) is 0 Å². The Hall–Kier alpha value is -0.570. The number of benzene rings is 1. The van der Waals surface area contributed by atoms with E-state index in [0.717, 1.165) is 4.47 Å². The Morgan fingerprint density at radius 2 is 1.40 bits per heavy atom. The maximum Gasteiger partial charge on any atom is 0.282 e. The maximum absolute atomic E-state index is 12.1. The highest BCUT2D eigenvalue weighted by Crippen LogP contribution is 2.24. The lowest BCUT2D eigenvalue weighted by Gasteiger charge is -2.06. The van der Waals surface area contributed by atoms with E-state index in [9.17, 15) is 13.2 Å². The molecule has 0 heterocycles. The molecule has 0 radical (unpaired) electrons. The van der Waals surface area contributed by atoms with Crippen LogP contribution in [0.15, 0.2) is 59.1 Å². The third-order valence-corrected chi connectivity index (χ3v) is 5.35. The van der Waals surface area contributed by atoms with E-state index in [2.05, 4.69) is 52.2 Å². The molecule has 0 N–H and O–H groups in total. The molecule has 20 heavy (non-hydrogen) atoms. The molecule has 0 fully saturated rings. The van der Waals surface area contributed by atoms with E-state index in [4.69, 9.17) is 0 Å². The summed E-state index contributed by atoms with van der Waals surface area (Å²) < 4.78 is 29.2. The maximum atomic E-state index is 12.1. The van der Waals surface area contributed by atoms with Crippen LogP contribution in [0.2, 0.25) is 0 Å². The van der Waals surface area contributed by atoms with Crippen molar-refractivity contribution < 1.29 is 13.2 Å². The Balaban J connectivity index is 2.44. The van der Waals surface area contributed by atoms with Crippen molar-refractivity contribution in [1.82, 2.24) is 0 Å². The lowest BCUT2D eigenvalue weighted by molar-refractivity contribution is -0.110. The number of sulfonamides is 1. The number of carbonyl (C=O) groups is 1. The minimum atomic E-state index is -3.82. The van der Waals surface area contributed by atoms with Crippen molar-refractivity contribution in [3.05, 3.63) is 49.9 Å². The van der Waals surface area contributed by atoms with Crippen LogP contribution < -0.4 is 0 Å². The smallest absolute Gasteiger partial charge is 0.282 e. The fourth-order valence-electron chi connectivity index (χ4n) is 1.40. The molecular weight excluding hydrogens is 478 g/mol. The first-order valence-electron chi connectivity index (χ1n) is 5.19. The highest BCUT2D eigenvalue weighted by Gasteiger charge is 2.19. The Bertz CT molecular complexity index is 738. The first-order valence-corrected chi connectivity index (χ1v) is 9.01. The fourth-order valence-corrected chi connectivity index (χ4v) is 3.79. The molecule has 1 aliphatic carbocycles. The Kier molecular flexibility index (Phi) is 4.78. The lowest BCUT2D eigenvalue weighted by Crippen LogP contribution is -2.09. The standard InChI is InChI=1S/C12H6Br3NO3S/c13-7-1-3-9(4-2-7)20(18,19)16-8-5-10(14)12(17)11(15)6-8/h1-6H. The van der Waals surface area contributed by atoms with Crippen molar-refractivity contribution in [1.29, 1.82) is 0 Å². The average molecular weight is 484 g/mol. The number of rotatable bonds is 2. The third-order valence-electron chi connectivity index (χ3n) is 2.32. The van der Waals surface area contributed by atoms with Crippen LogP contribution in [-0.2, 0) is 14.8 Å². The molecule has 0 aromatic heterocycles. The van der Waals surface area contributed by atoms with E-state index in [1.165, 1.54) is 24.3 Å². The van der Waals surface area contributed by atoms with Crippen LogP contribution in [0.4, 0.5) is 0 Å². The highest BCUT2D eigenvalue weighted by atomic mass is 79.9. The Morgan fingerprint density at radius 1 is 0.900 bits per heavy atom. The van der Waals surface area contributed by atoms with E-state index >= 15 is 0 Å². The summed E-state index contributed by atoms with van der Waals surface area (Å²) in [5.74, 6) is -0.259. The van der Waals surface area contributed by atoms with Gasteiger partial charge < -0.3 is 0 Å². The van der Waals surface area contributed by atoms with E-state index in [1.807, 2.05) is 0 Å². The molecule has 1 aliphatic rings. The van der Waals surface area contributed by atoms with Crippen molar-refractivity contribution >= 4 is 69.3 Å². The summed E-state index contributed by atoms with van der Waals surface area (Å²) in [6, 6.07) is 6.15. The van der Waals surface area contributed by atoms with Gasteiger partial charge in [-0.05, 0) is 68.3 Å². The van der Waals surface area contributed by atoms with E-state index in [1.54, 1.807) is 12.1 Å². The van der Waals surface area contributed by atoms with Crippen LogP contribution in [0, 0.1) is 0 Å². The second-order valence-electron chi connectivity index (χ2n) is 3.76. The van der Waals surface area contributed by atoms with Gasteiger partial charge in [0.15, 0.2) is 0 Å². The molecule has 0 aliphatic heterocycles. The predicted octanol–water partition coefficient (Wildman–Crippen LogP) is 3.72. The second-order valence-corrected chi connectivity index (χ2v) is 7.99. The summed E-state index contributed by atoms with van der Waals surface area (Å²) in [5.41, 5.74) is 0.172. The zero-order valence-electron chi connectivity index (χ0n) is 9.68. The first-order chi connectivity index (χ1) is 9.29. The number of hydrogen-bond donors (Lipinski definition) is 0. The van der Waals surface area contributed by atoms with E-state index < -0.39 is 10.0 Å². The molecule has 0 spiro atoms. The SMILES string of the molecule is O=C1C(Br)=CC(=NS(=O)(=O)c2ccc(Br)cc2)C=C1Br. The number of ketones is 1. The van der Waals surface area contributed by atoms with Crippen molar-refractivity contribution in [3.8, 4) is 0 Å². The normalized spacial score (nSPS) is 15.8. The number of Topliss-reactive ketones (excluding diaryl/α,β-unsaturated/α-hetero) is 1. The number of halogens is 3. The molecule has 0 unspecified atom stereocenters. The third kappa shape index (κ3) is 3.55. The van der Waals surface area contributed by atoms with Gasteiger partial charge in [0.05, 0.1) is 19.6 Å². The molecule has 0 saturated carbocycles. The largest absolute Gasteiger partial charge is 0.287 e. The van der Waals surface area contributed by atoms with Gasteiger partial charge in [-0.2, -0.15) is 12.8 Å². The summed E-state index contributed by atoms with van der Waals surface area (Å²) in [6.45, 7) is 0. The van der Waals surface area contributed by atoms with Gasteiger partial charge in [0.1, 0.15) is 0 Å². The molecule has 1 aromatic rings. The Labute approximate surface area is 141 Å². The number of nitrogens with zero attached hydrogens (tertiary/aromatic N) is 1. The molecule has 2 rings (SSSR count). The first kappa shape index (κ1) is 15.8. The van der Waals surface area contributed by atoms with Gasteiger partial charge in [-0.1, -0.05) is 15.9 Å². The molecule has 0 atom stereocenters. The summed E-state index contributed by atoms with van der Waals surface area (Å²) in [6.07, 6.45) is 2.73. The van der Waals surface area contributed by atoms with Gasteiger partial charge in [-0.15, -0.1) is 0 Å². The quantitative estimate of drug-likeness (QED) is 0.602. The monoisotopic (exact) mass is 481 g/mol. The fraction of sp³-hybridized carbons (Fsp3) is 0. The van der Waals surface area contributed by atoms with Crippen molar-refractivity contribution in [2.75, 3.05) is 0 Å². The van der Waals surface area contributed by atoms with E-state index in [-0.39, 0.29) is 25.4 Å². The van der Waals surface area contributed by atoms with Crippen LogP contribution in [0.25, 0.3) is 0 Å². The summed E-state index contributed by atoms with van der Waals surface area (Å²) >= 11 is 9.37. The minimum absolute atomic E-state index is 0.0825. The molecule has 0 bridgehead atoms. The second kappa shape index (κ2) is 6.05. The number of hydrogen-bond acceptors (Lipinski definition) is 3. The molecule has 8 heteroatoms. The summed E-state index contributed by atoms with van der Waals surface area (Å²) in [5, 5.41) is 0. The molecule has 0 saturated heterocycles. The minimum Gasteiger partial charge on any atom is -0.287 e. The zero-order chi connectivity index (χ0) is 14.9. The van der Waals surface area contributed by atoms with Crippen LogP contribution >= 0.6 is 47.8 Å². The zero-order valence-corrected chi connectivity index (χ0v) is 15.3. The Morgan fingerprint density at radius 3 is 1.90 bits per heavy atom.